The number of thiazole rings is 1. The Labute approximate surface area is 132 Å². The molecule has 1 aliphatic carbocycles. The number of fused-ring (bicyclic) bond motifs is 1. The maximum absolute atomic E-state index is 6.06. The van der Waals surface area contributed by atoms with Crippen molar-refractivity contribution in [2.75, 3.05) is 5.32 Å². The second kappa shape index (κ2) is 5.07. The maximum Gasteiger partial charge on any atom is 0.251 e. The van der Waals surface area contributed by atoms with Crippen molar-refractivity contribution in [1.29, 1.82) is 0 Å². The average Bonchev–Trinajstić information content (AvgIpc) is 3.17. The third-order valence-corrected chi connectivity index (χ3v) is 5.01. The van der Waals surface area contributed by atoms with Crippen LogP contribution in [0.4, 0.5) is 5.69 Å². The van der Waals surface area contributed by atoms with Crippen LogP contribution in [-0.4, -0.2) is 10.8 Å². The van der Waals surface area contributed by atoms with Crippen LogP contribution in [0.15, 0.2) is 24.4 Å². The minimum absolute atomic E-state index is 0.397. The fourth-order valence-electron chi connectivity index (χ4n) is 2.88. The summed E-state index contributed by atoms with van der Waals surface area (Å²) in [6.07, 6.45) is 6.09. The van der Waals surface area contributed by atoms with Gasteiger partial charge >= 0.3 is 0 Å². The highest BCUT2D eigenvalue weighted by Gasteiger charge is 2.43. The fraction of sp³-hybridized carbons (Fsp3) is 0.400. The Balaban J connectivity index is 1.47. The molecular weight excluding hydrogens is 308 g/mol. The van der Waals surface area contributed by atoms with Crippen molar-refractivity contribution >= 4 is 28.6 Å². The highest BCUT2D eigenvalue weighted by molar-refractivity contribution is 7.15. The maximum atomic E-state index is 6.06. The van der Waals surface area contributed by atoms with Crippen LogP contribution in [-0.2, 0) is 6.54 Å². The summed E-state index contributed by atoms with van der Waals surface area (Å²) in [6.45, 7) is 0.704. The van der Waals surface area contributed by atoms with Gasteiger partial charge in [0.15, 0.2) is 16.0 Å². The minimum atomic E-state index is -0.397. The van der Waals surface area contributed by atoms with Crippen LogP contribution in [0.1, 0.15) is 30.6 Å². The number of ether oxygens (including phenoxy) is 2. The molecular formula is C15H15ClN2O2S. The molecule has 2 heterocycles. The highest BCUT2D eigenvalue weighted by Crippen LogP contribution is 2.47. The van der Waals surface area contributed by atoms with E-state index >= 15 is 0 Å². The van der Waals surface area contributed by atoms with Crippen LogP contribution in [0, 0.1) is 0 Å². The first-order valence-electron chi connectivity index (χ1n) is 7.09. The van der Waals surface area contributed by atoms with E-state index < -0.39 is 5.79 Å². The van der Waals surface area contributed by atoms with Crippen molar-refractivity contribution in [2.45, 2.75) is 38.0 Å². The Hall–Kier alpha value is -1.46. The van der Waals surface area contributed by atoms with Gasteiger partial charge in [-0.2, -0.15) is 0 Å². The molecule has 6 heteroatoms. The number of benzene rings is 1. The van der Waals surface area contributed by atoms with E-state index in [0.717, 1.165) is 34.9 Å². The first kappa shape index (κ1) is 13.2. The van der Waals surface area contributed by atoms with Gasteiger partial charge in [0.25, 0.3) is 5.79 Å². The highest BCUT2D eigenvalue weighted by atomic mass is 35.5. The summed E-state index contributed by atoms with van der Waals surface area (Å²) in [6, 6.07) is 5.99. The number of nitrogens with one attached hydrogen (secondary N) is 1. The molecule has 1 saturated carbocycles. The van der Waals surface area contributed by atoms with Gasteiger partial charge in [0.05, 0.1) is 6.54 Å². The monoisotopic (exact) mass is 322 g/mol. The zero-order valence-electron chi connectivity index (χ0n) is 11.4. The molecule has 4 nitrogen and oxygen atoms in total. The van der Waals surface area contributed by atoms with E-state index in [-0.39, 0.29) is 0 Å². The lowest BCUT2D eigenvalue weighted by Crippen LogP contribution is -2.34. The molecule has 0 unspecified atom stereocenters. The van der Waals surface area contributed by atoms with Crippen LogP contribution in [0.25, 0.3) is 0 Å². The summed E-state index contributed by atoms with van der Waals surface area (Å²) in [4.78, 5) is 5.14. The van der Waals surface area contributed by atoms with Gasteiger partial charge in [0.1, 0.15) is 0 Å². The van der Waals surface area contributed by atoms with Crippen molar-refractivity contribution < 1.29 is 9.47 Å². The van der Waals surface area contributed by atoms with E-state index in [0.29, 0.717) is 11.0 Å². The van der Waals surface area contributed by atoms with E-state index in [9.17, 15) is 0 Å². The van der Waals surface area contributed by atoms with Gasteiger partial charge in [-0.15, -0.1) is 11.3 Å². The van der Waals surface area contributed by atoms with Crippen molar-refractivity contribution in [3.05, 3.63) is 33.7 Å². The number of rotatable bonds is 3. The Morgan fingerprint density at radius 2 is 2.05 bits per heavy atom. The van der Waals surface area contributed by atoms with Gasteiger partial charge in [-0.25, -0.2) is 4.98 Å². The molecule has 4 rings (SSSR count). The van der Waals surface area contributed by atoms with Gasteiger partial charge < -0.3 is 14.8 Å². The number of aromatic nitrogens is 1. The molecule has 1 spiro atoms. The summed E-state index contributed by atoms with van der Waals surface area (Å²) in [5, 5.41) is 3.36. The normalized spacial score (nSPS) is 18.3. The van der Waals surface area contributed by atoms with E-state index in [1.54, 1.807) is 6.20 Å². The van der Waals surface area contributed by atoms with Crippen molar-refractivity contribution in [3.63, 3.8) is 0 Å². The predicted octanol–water partition coefficient (Wildman–Crippen LogP) is 4.45. The number of hydrogen-bond acceptors (Lipinski definition) is 5. The van der Waals surface area contributed by atoms with Gasteiger partial charge in [-0.3, -0.25) is 0 Å². The summed E-state index contributed by atoms with van der Waals surface area (Å²) in [5.74, 6) is 1.29. The zero-order valence-corrected chi connectivity index (χ0v) is 13.0. The second-order valence-electron chi connectivity index (χ2n) is 5.42. The Bertz CT molecular complexity index is 667. The van der Waals surface area contributed by atoms with Gasteiger partial charge in [0.2, 0.25) is 0 Å². The Morgan fingerprint density at radius 1 is 1.24 bits per heavy atom. The van der Waals surface area contributed by atoms with E-state index in [1.165, 1.54) is 24.2 Å². The van der Waals surface area contributed by atoms with Crippen LogP contribution >= 0.6 is 22.9 Å². The molecule has 21 heavy (non-hydrogen) atoms. The van der Waals surface area contributed by atoms with E-state index in [2.05, 4.69) is 10.3 Å². The summed E-state index contributed by atoms with van der Waals surface area (Å²) in [7, 11) is 0. The molecule has 1 fully saturated rings. The lowest BCUT2D eigenvalue weighted by Gasteiger charge is -2.21. The fourth-order valence-corrected chi connectivity index (χ4v) is 3.79. The van der Waals surface area contributed by atoms with Crippen molar-refractivity contribution in [1.82, 2.24) is 4.98 Å². The molecule has 2 aromatic rings. The molecule has 1 aliphatic heterocycles. The topological polar surface area (TPSA) is 43.4 Å². The number of anilines is 1. The molecule has 0 saturated heterocycles. The third-order valence-electron chi connectivity index (χ3n) is 3.89. The molecule has 2 aliphatic rings. The molecule has 1 aromatic heterocycles. The lowest BCUT2D eigenvalue weighted by atomic mass is 10.2. The molecule has 1 N–H and O–H groups in total. The quantitative estimate of drug-likeness (QED) is 0.906. The van der Waals surface area contributed by atoms with Crippen LogP contribution in [0.3, 0.4) is 0 Å². The van der Waals surface area contributed by atoms with Gasteiger partial charge in [-0.1, -0.05) is 11.6 Å². The summed E-state index contributed by atoms with van der Waals surface area (Å²) < 4.78 is 12.6. The summed E-state index contributed by atoms with van der Waals surface area (Å²) in [5.41, 5.74) is 1.01. The van der Waals surface area contributed by atoms with Crippen LogP contribution in [0.5, 0.6) is 11.5 Å². The number of nitrogens with zero attached hydrogens (tertiary/aromatic N) is 1. The molecule has 1 aromatic carbocycles. The van der Waals surface area contributed by atoms with E-state index in [1.807, 2.05) is 18.2 Å². The molecule has 0 amide bonds. The van der Waals surface area contributed by atoms with Crippen molar-refractivity contribution in [2.24, 2.45) is 0 Å². The largest absolute Gasteiger partial charge is 0.448 e. The predicted molar refractivity (Wildman–Crippen MR) is 83.3 cm³/mol. The molecule has 0 radical (unpaired) electrons. The standard InChI is InChI=1S/C15H15ClN2O2S/c16-14-18-9-11(21-14)8-17-10-3-4-12-13(7-10)20-15(19-12)5-1-2-6-15/h3-4,7,9,17H,1-2,5-6,8H2. The number of halogens is 1. The molecule has 110 valence electrons. The Kier molecular flexibility index (Phi) is 3.19. The van der Waals surface area contributed by atoms with Crippen molar-refractivity contribution in [3.8, 4) is 11.5 Å². The Morgan fingerprint density at radius 3 is 2.81 bits per heavy atom. The molecule has 0 atom stereocenters. The summed E-state index contributed by atoms with van der Waals surface area (Å²) >= 11 is 7.31. The average molecular weight is 323 g/mol. The third kappa shape index (κ3) is 2.56. The molecule has 0 bridgehead atoms. The zero-order chi connectivity index (χ0) is 14.3. The van der Waals surface area contributed by atoms with Crippen LogP contribution in [0.2, 0.25) is 4.47 Å². The smallest absolute Gasteiger partial charge is 0.251 e. The van der Waals surface area contributed by atoms with E-state index in [4.69, 9.17) is 21.1 Å². The first-order valence-corrected chi connectivity index (χ1v) is 8.28. The number of hydrogen-bond donors (Lipinski definition) is 1. The SMILES string of the molecule is Clc1ncc(CNc2ccc3c(c2)OC2(CCCC2)O3)s1. The van der Waals surface area contributed by atoms with Gasteiger partial charge in [0, 0.05) is 35.7 Å². The minimum Gasteiger partial charge on any atom is -0.448 e. The first-order chi connectivity index (χ1) is 10.2. The second-order valence-corrected chi connectivity index (χ2v) is 7.11. The lowest BCUT2D eigenvalue weighted by molar-refractivity contribution is -0.0716. The van der Waals surface area contributed by atoms with Crippen LogP contribution < -0.4 is 14.8 Å². The van der Waals surface area contributed by atoms with Gasteiger partial charge in [-0.05, 0) is 25.0 Å².